The molecule has 0 aliphatic heterocycles. The van der Waals surface area contributed by atoms with Crippen molar-refractivity contribution in [3.8, 4) is 5.75 Å². The molecule has 0 fully saturated rings. The van der Waals surface area contributed by atoms with Crippen molar-refractivity contribution < 1.29 is 14.6 Å². The largest absolute Gasteiger partial charge is 0.487 e. The van der Waals surface area contributed by atoms with Crippen LogP contribution in [0.5, 0.6) is 5.75 Å². The second-order valence-electron chi connectivity index (χ2n) is 3.93. The molecular formula is C12H8BrN3O5. The van der Waals surface area contributed by atoms with Crippen molar-refractivity contribution in [3.63, 3.8) is 0 Å². The molecule has 0 spiro atoms. The monoisotopic (exact) mass is 353 g/mol. The number of nitro groups is 2. The molecule has 1 aromatic heterocycles. The molecule has 0 saturated heterocycles. The summed E-state index contributed by atoms with van der Waals surface area (Å²) >= 11 is 3.17. The smallest absolute Gasteiger partial charge is 0.282 e. The minimum absolute atomic E-state index is 0.0857. The third-order valence-electron chi connectivity index (χ3n) is 2.57. The summed E-state index contributed by atoms with van der Waals surface area (Å²) < 4.78 is 6.02. The number of aromatic nitrogens is 1. The molecule has 0 amide bonds. The van der Waals surface area contributed by atoms with Crippen LogP contribution in [0.25, 0.3) is 0 Å². The Morgan fingerprint density at radius 1 is 1.14 bits per heavy atom. The van der Waals surface area contributed by atoms with Gasteiger partial charge in [0.25, 0.3) is 11.4 Å². The molecule has 21 heavy (non-hydrogen) atoms. The van der Waals surface area contributed by atoms with Crippen LogP contribution >= 0.6 is 15.9 Å². The average molecular weight is 354 g/mol. The fourth-order valence-electron chi connectivity index (χ4n) is 1.57. The lowest BCUT2D eigenvalue weighted by Gasteiger charge is -2.06. The van der Waals surface area contributed by atoms with Crippen LogP contribution in [0.4, 0.5) is 11.4 Å². The van der Waals surface area contributed by atoms with Gasteiger partial charge in [0.05, 0.1) is 27.7 Å². The molecule has 2 rings (SSSR count). The first-order chi connectivity index (χ1) is 9.97. The van der Waals surface area contributed by atoms with Crippen LogP contribution < -0.4 is 4.74 Å². The molecule has 0 bridgehead atoms. The van der Waals surface area contributed by atoms with E-state index in [1.165, 1.54) is 18.3 Å². The number of ether oxygens (including phenoxy) is 1. The SMILES string of the molecule is O=[N+]([O-])c1ccc(COc2ccc(Br)nc2)c([N+](=O)[O-])c1. The fourth-order valence-corrected chi connectivity index (χ4v) is 1.80. The summed E-state index contributed by atoms with van der Waals surface area (Å²) in [6.45, 7) is -0.0857. The average Bonchev–Trinajstić information content (AvgIpc) is 2.46. The predicted octanol–water partition coefficient (Wildman–Crippen LogP) is 3.24. The van der Waals surface area contributed by atoms with E-state index in [0.717, 1.165) is 6.07 Å². The van der Waals surface area contributed by atoms with E-state index in [4.69, 9.17) is 4.74 Å². The lowest BCUT2D eigenvalue weighted by Crippen LogP contribution is -2.02. The highest BCUT2D eigenvalue weighted by Gasteiger charge is 2.19. The van der Waals surface area contributed by atoms with Crippen LogP contribution in [0.15, 0.2) is 41.1 Å². The number of nitrogens with zero attached hydrogens (tertiary/aromatic N) is 3. The highest BCUT2D eigenvalue weighted by atomic mass is 79.9. The van der Waals surface area contributed by atoms with Crippen molar-refractivity contribution in [2.75, 3.05) is 0 Å². The summed E-state index contributed by atoms with van der Waals surface area (Å²) in [5.74, 6) is 0.436. The zero-order valence-corrected chi connectivity index (χ0v) is 12.0. The minimum atomic E-state index is -0.684. The van der Waals surface area contributed by atoms with Crippen LogP contribution in [0.3, 0.4) is 0 Å². The topological polar surface area (TPSA) is 108 Å². The Morgan fingerprint density at radius 3 is 2.48 bits per heavy atom. The second kappa shape index (κ2) is 6.27. The molecule has 0 N–H and O–H groups in total. The number of non-ortho nitro benzene ring substituents is 1. The van der Waals surface area contributed by atoms with Crippen LogP contribution in [0.2, 0.25) is 0 Å². The van der Waals surface area contributed by atoms with Gasteiger partial charge >= 0.3 is 0 Å². The third-order valence-corrected chi connectivity index (χ3v) is 3.04. The first-order valence-corrected chi connectivity index (χ1v) is 6.43. The Labute approximate surface area is 126 Å². The van der Waals surface area contributed by atoms with E-state index in [1.807, 2.05) is 0 Å². The summed E-state index contributed by atoms with van der Waals surface area (Å²) in [6.07, 6.45) is 1.46. The van der Waals surface area contributed by atoms with Crippen molar-refractivity contribution in [2.24, 2.45) is 0 Å². The summed E-state index contributed by atoms with van der Waals surface area (Å²) in [7, 11) is 0. The number of rotatable bonds is 5. The van der Waals surface area contributed by atoms with Gasteiger partial charge in [0.15, 0.2) is 0 Å². The lowest BCUT2D eigenvalue weighted by molar-refractivity contribution is -0.394. The molecule has 0 atom stereocenters. The molecule has 0 saturated carbocycles. The molecule has 8 nitrogen and oxygen atoms in total. The number of halogens is 1. The highest BCUT2D eigenvalue weighted by Crippen LogP contribution is 2.26. The molecule has 2 aromatic rings. The summed E-state index contributed by atoms with van der Waals surface area (Å²) in [5, 5.41) is 21.6. The van der Waals surface area contributed by atoms with E-state index >= 15 is 0 Å². The van der Waals surface area contributed by atoms with E-state index in [2.05, 4.69) is 20.9 Å². The van der Waals surface area contributed by atoms with Crippen LogP contribution in [0.1, 0.15) is 5.56 Å². The maximum Gasteiger partial charge on any atom is 0.282 e. The van der Waals surface area contributed by atoms with Gasteiger partial charge in [0.2, 0.25) is 0 Å². The van der Waals surface area contributed by atoms with Crippen molar-refractivity contribution in [2.45, 2.75) is 6.61 Å². The maximum atomic E-state index is 11.0. The molecule has 9 heteroatoms. The van der Waals surface area contributed by atoms with E-state index in [-0.39, 0.29) is 23.5 Å². The van der Waals surface area contributed by atoms with Gasteiger partial charge in [-0.1, -0.05) is 0 Å². The zero-order chi connectivity index (χ0) is 15.4. The number of hydrogen-bond donors (Lipinski definition) is 0. The quantitative estimate of drug-likeness (QED) is 0.463. The first-order valence-electron chi connectivity index (χ1n) is 5.63. The van der Waals surface area contributed by atoms with Gasteiger partial charge in [-0.15, -0.1) is 0 Å². The maximum absolute atomic E-state index is 11.0. The Hall–Kier alpha value is -2.55. The van der Waals surface area contributed by atoms with E-state index < -0.39 is 9.85 Å². The third kappa shape index (κ3) is 3.72. The molecule has 0 radical (unpaired) electrons. The Bertz CT molecular complexity index is 690. The van der Waals surface area contributed by atoms with Crippen molar-refractivity contribution in [1.82, 2.24) is 4.98 Å². The fraction of sp³-hybridized carbons (Fsp3) is 0.0833. The van der Waals surface area contributed by atoms with Crippen LogP contribution in [0, 0.1) is 20.2 Å². The van der Waals surface area contributed by atoms with Gasteiger partial charge in [-0.3, -0.25) is 20.2 Å². The minimum Gasteiger partial charge on any atom is -0.487 e. The normalized spacial score (nSPS) is 10.1. The lowest BCUT2D eigenvalue weighted by atomic mass is 10.1. The Balaban J connectivity index is 2.21. The summed E-state index contributed by atoms with van der Waals surface area (Å²) in [4.78, 5) is 24.2. The summed E-state index contributed by atoms with van der Waals surface area (Å²) in [5.41, 5.74) is -0.446. The van der Waals surface area contributed by atoms with Crippen LogP contribution in [-0.4, -0.2) is 14.8 Å². The van der Waals surface area contributed by atoms with Crippen molar-refractivity contribution >= 4 is 27.3 Å². The highest BCUT2D eigenvalue weighted by molar-refractivity contribution is 9.10. The Morgan fingerprint density at radius 2 is 1.90 bits per heavy atom. The number of nitro benzene ring substituents is 2. The Kier molecular flexibility index (Phi) is 4.43. The standard InChI is InChI=1S/C12H8BrN3O5/c13-12-4-3-10(6-14-12)21-7-8-1-2-9(15(17)18)5-11(8)16(19)20/h1-6H,7H2. The molecule has 1 heterocycles. The van der Waals surface area contributed by atoms with Gasteiger partial charge in [-0.25, -0.2) is 4.98 Å². The summed E-state index contributed by atoms with van der Waals surface area (Å²) in [6, 6.07) is 6.74. The molecule has 1 aromatic carbocycles. The van der Waals surface area contributed by atoms with Crippen molar-refractivity contribution in [1.29, 1.82) is 0 Å². The predicted molar refractivity (Wildman–Crippen MR) is 76.0 cm³/mol. The van der Waals surface area contributed by atoms with E-state index in [9.17, 15) is 20.2 Å². The van der Waals surface area contributed by atoms with E-state index in [0.29, 0.717) is 10.4 Å². The number of benzene rings is 1. The van der Waals surface area contributed by atoms with E-state index in [1.54, 1.807) is 12.1 Å². The van der Waals surface area contributed by atoms with Gasteiger partial charge in [-0.05, 0) is 34.1 Å². The molecule has 0 aliphatic rings. The van der Waals surface area contributed by atoms with Gasteiger partial charge < -0.3 is 4.74 Å². The van der Waals surface area contributed by atoms with Crippen LogP contribution in [-0.2, 0) is 6.61 Å². The second-order valence-corrected chi connectivity index (χ2v) is 4.75. The number of hydrogen-bond acceptors (Lipinski definition) is 6. The van der Waals surface area contributed by atoms with Gasteiger partial charge in [0, 0.05) is 6.07 Å². The zero-order valence-electron chi connectivity index (χ0n) is 10.4. The van der Waals surface area contributed by atoms with Gasteiger partial charge in [-0.2, -0.15) is 0 Å². The van der Waals surface area contributed by atoms with Gasteiger partial charge in [0.1, 0.15) is 17.0 Å². The van der Waals surface area contributed by atoms with Crippen molar-refractivity contribution in [3.05, 3.63) is 66.9 Å². The molecule has 0 unspecified atom stereocenters. The molecule has 0 aliphatic carbocycles. The first kappa shape index (κ1) is 14.9. The number of pyridine rings is 1. The molecule has 108 valence electrons. The molecular weight excluding hydrogens is 346 g/mol.